The minimum atomic E-state index is -2.61. The minimum Gasteiger partial charge on any atom is -0.388 e. The predicted molar refractivity (Wildman–Crippen MR) is 175 cm³/mol. The van der Waals surface area contributed by atoms with Crippen LogP contribution in [0, 0.1) is 5.41 Å². The third kappa shape index (κ3) is 10.6. The highest BCUT2D eigenvalue weighted by Gasteiger charge is 2.41. The van der Waals surface area contributed by atoms with Gasteiger partial charge >= 0.3 is 17.2 Å². The summed E-state index contributed by atoms with van der Waals surface area (Å²) in [7, 11) is -5.22. The van der Waals surface area contributed by atoms with Crippen LogP contribution in [0.15, 0.2) is 36.4 Å². The van der Waals surface area contributed by atoms with Crippen LogP contribution in [0.1, 0.15) is 143 Å². The zero-order chi connectivity index (χ0) is 33.2. The summed E-state index contributed by atoms with van der Waals surface area (Å²) in [5, 5.41) is 23.7. The van der Waals surface area contributed by atoms with Gasteiger partial charge in [0.2, 0.25) is 0 Å². The van der Waals surface area contributed by atoms with Gasteiger partial charge in [-0.3, -0.25) is 0 Å². The highest BCUT2D eigenvalue weighted by molar-refractivity contribution is 7.53. The second-order valence-electron chi connectivity index (χ2n) is 15.8. The van der Waals surface area contributed by atoms with Gasteiger partial charge in [0.1, 0.15) is 0 Å². The lowest BCUT2D eigenvalue weighted by Gasteiger charge is -2.40. The molecular weight excluding hydrogens is 570 g/mol. The van der Waals surface area contributed by atoms with E-state index in [-0.39, 0.29) is 21.7 Å². The van der Waals surface area contributed by atoms with Crippen molar-refractivity contribution in [3.63, 3.8) is 0 Å². The molecule has 0 aliphatic heterocycles. The van der Waals surface area contributed by atoms with Gasteiger partial charge in [0.25, 0.3) is 0 Å². The van der Waals surface area contributed by atoms with Gasteiger partial charge in [0.05, 0.1) is 12.2 Å². The van der Waals surface area contributed by atoms with Crippen LogP contribution in [0.5, 0.6) is 0 Å². The van der Waals surface area contributed by atoms with Crippen molar-refractivity contribution in [2.24, 2.45) is 5.41 Å². The van der Waals surface area contributed by atoms with Crippen LogP contribution in [0.4, 0.5) is 0 Å². The van der Waals surface area contributed by atoms with Gasteiger partial charge in [-0.1, -0.05) is 133 Å². The first-order chi connectivity index (χ1) is 18.6. The van der Waals surface area contributed by atoms with Gasteiger partial charge in [0.15, 0.2) is 0 Å². The molecule has 0 bridgehead atoms. The molecule has 2 atom stereocenters. The Hall–Kier alpha value is -0.980. The average Bonchev–Trinajstić information content (AvgIpc) is 2.79. The summed E-state index contributed by atoms with van der Waals surface area (Å²) < 4.78 is 3.60. The van der Waals surface area contributed by atoms with Crippen LogP contribution in [0.3, 0.4) is 0 Å². The molecule has 6 N–H and O–H groups in total. The first kappa shape index (κ1) is 39.0. The molecule has 0 radical (unpaired) electrons. The second-order valence-corrected chi connectivity index (χ2v) is 17.5. The Balaban J connectivity index is 0.00000112. The molecular formula is C33H56O7P2. The Morgan fingerprint density at radius 1 is 0.500 bits per heavy atom. The number of rotatable bonds is 6. The molecule has 0 heterocycles. The molecule has 0 amide bonds. The van der Waals surface area contributed by atoms with E-state index in [2.05, 4.69) is 124 Å². The van der Waals surface area contributed by atoms with Crippen LogP contribution >= 0.6 is 17.2 Å². The van der Waals surface area contributed by atoms with E-state index in [1.54, 1.807) is 0 Å². The second kappa shape index (κ2) is 14.0. The van der Waals surface area contributed by atoms with Gasteiger partial charge in [-0.15, -0.1) is 0 Å². The normalized spacial score (nSPS) is 15.0. The van der Waals surface area contributed by atoms with Gasteiger partial charge in [-0.25, -0.2) is 4.31 Å². The highest BCUT2D eigenvalue weighted by atomic mass is 31.2. The molecule has 7 nitrogen and oxygen atoms in total. The molecule has 2 aromatic rings. The van der Waals surface area contributed by atoms with Crippen molar-refractivity contribution in [3.05, 3.63) is 69.8 Å². The molecule has 2 aromatic carbocycles. The number of aliphatic hydroxyl groups excluding tert-OH is 2. The minimum absolute atomic E-state index is 0.0227. The molecule has 2 rings (SSSR count). The summed E-state index contributed by atoms with van der Waals surface area (Å²) in [6.07, 6.45) is -1.65. The number of hydrogen-bond acceptors (Lipinski definition) is 7. The van der Waals surface area contributed by atoms with Crippen LogP contribution in [0.25, 0.3) is 0 Å². The van der Waals surface area contributed by atoms with Gasteiger partial charge < -0.3 is 29.8 Å². The molecule has 0 saturated heterocycles. The molecule has 0 fully saturated rings. The lowest BCUT2D eigenvalue weighted by atomic mass is 9.68. The Labute approximate surface area is 257 Å². The van der Waals surface area contributed by atoms with Gasteiger partial charge in [0, 0.05) is 5.41 Å². The summed E-state index contributed by atoms with van der Waals surface area (Å²) >= 11 is 0. The average molecular weight is 627 g/mol. The Bertz CT molecular complexity index is 1080. The van der Waals surface area contributed by atoms with E-state index in [0.29, 0.717) is 0 Å². The molecule has 0 spiro atoms. The summed E-state index contributed by atoms with van der Waals surface area (Å²) in [6.45, 7) is 30.4. The van der Waals surface area contributed by atoms with Gasteiger partial charge in [-0.05, 0) is 55.0 Å². The van der Waals surface area contributed by atoms with Crippen molar-refractivity contribution in [2.45, 2.75) is 131 Å². The first-order valence-corrected chi connectivity index (χ1v) is 16.6. The van der Waals surface area contributed by atoms with Crippen LogP contribution in [-0.4, -0.2) is 29.8 Å². The molecule has 0 aromatic heterocycles. The quantitative estimate of drug-likeness (QED) is 0.179. The third-order valence-electron chi connectivity index (χ3n) is 7.60. The number of benzene rings is 2. The van der Waals surface area contributed by atoms with Crippen molar-refractivity contribution < 1.29 is 34.1 Å². The molecule has 0 aliphatic rings. The van der Waals surface area contributed by atoms with Crippen molar-refractivity contribution in [3.8, 4) is 0 Å². The summed E-state index contributed by atoms with van der Waals surface area (Å²) in [6, 6.07) is 12.9. The SMILES string of the molecule is CC(C)(C)c1ccc(C(O)C(C)(C)C(O)c2ccc(C(C)(C)C)cc2C(C)(C)C)c(C(C)(C)C)c1.OP(O)OP(O)O. The van der Waals surface area contributed by atoms with E-state index in [9.17, 15) is 10.2 Å². The monoisotopic (exact) mass is 626 g/mol. The maximum absolute atomic E-state index is 11.8. The fourth-order valence-corrected chi connectivity index (χ4v) is 5.36. The largest absolute Gasteiger partial charge is 0.388 e. The fraction of sp³-hybridized carbons (Fsp3) is 0.636. The van der Waals surface area contributed by atoms with Crippen molar-refractivity contribution in [2.75, 3.05) is 0 Å². The van der Waals surface area contributed by atoms with Crippen LogP contribution in [0.2, 0.25) is 0 Å². The van der Waals surface area contributed by atoms with Crippen LogP contribution < -0.4 is 0 Å². The number of hydrogen-bond donors (Lipinski definition) is 6. The molecule has 0 saturated carbocycles. The topological polar surface area (TPSA) is 131 Å². The zero-order valence-corrected chi connectivity index (χ0v) is 29.9. The van der Waals surface area contributed by atoms with E-state index in [1.807, 2.05) is 13.8 Å². The smallest absolute Gasteiger partial charge is 0.334 e. The van der Waals surface area contributed by atoms with Gasteiger partial charge in [-0.2, -0.15) is 0 Å². The summed E-state index contributed by atoms with van der Waals surface area (Å²) in [5.74, 6) is 0. The molecule has 240 valence electrons. The van der Waals surface area contributed by atoms with E-state index in [1.165, 1.54) is 11.1 Å². The van der Waals surface area contributed by atoms with Crippen molar-refractivity contribution >= 4 is 17.2 Å². The summed E-state index contributed by atoms with van der Waals surface area (Å²) in [4.78, 5) is 31.3. The molecule has 42 heavy (non-hydrogen) atoms. The molecule has 9 heteroatoms. The highest BCUT2D eigenvalue weighted by Crippen LogP contribution is 2.49. The Morgan fingerprint density at radius 2 is 0.786 bits per heavy atom. The van der Waals surface area contributed by atoms with Crippen molar-refractivity contribution in [1.82, 2.24) is 0 Å². The molecule has 0 aliphatic carbocycles. The Morgan fingerprint density at radius 3 is 0.976 bits per heavy atom. The zero-order valence-electron chi connectivity index (χ0n) is 28.1. The Kier molecular flexibility index (Phi) is 13.0. The van der Waals surface area contributed by atoms with E-state index >= 15 is 0 Å². The summed E-state index contributed by atoms with van der Waals surface area (Å²) in [5.41, 5.74) is 5.56. The third-order valence-corrected chi connectivity index (χ3v) is 8.77. The van der Waals surface area contributed by atoms with E-state index < -0.39 is 34.8 Å². The molecule has 2 unspecified atom stereocenters. The van der Waals surface area contributed by atoms with Crippen LogP contribution in [-0.2, 0) is 26.0 Å². The van der Waals surface area contributed by atoms with E-state index in [0.717, 1.165) is 22.3 Å². The first-order valence-electron chi connectivity index (χ1n) is 14.3. The van der Waals surface area contributed by atoms with E-state index in [4.69, 9.17) is 19.6 Å². The predicted octanol–water partition coefficient (Wildman–Crippen LogP) is 8.10. The maximum Gasteiger partial charge on any atom is 0.334 e. The maximum atomic E-state index is 11.8. The number of aliphatic hydroxyl groups is 2. The van der Waals surface area contributed by atoms with Crippen molar-refractivity contribution in [1.29, 1.82) is 0 Å². The fourth-order valence-electron chi connectivity index (χ4n) is 4.84. The standard InChI is InChI=1S/C33H52O2.H4O5P2/c1-29(2,3)21-15-17-23(25(19-21)31(7,8)9)27(34)33(13,14)28(35)24-18-16-22(30(4,5)6)20-26(24)32(10,11)12;1-6(2)5-7(3)4/h15-20,27-28,34-35H,1-14H3;1-4H. The lowest BCUT2D eigenvalue weighted by Crippen LogP contribution is -2.33. The lowest BCUT2D eigenvalue weighted by molar-refractivity contribution is -0.0526.